The molecule has 5 nitrogen and oxygen atoms in total. The smallest absolute Gasteiger partial charge is 0.235 e. The van der Waals surface area contributed by atoms with E-state index in [9.17, 15) is 14.7 Å². The molecule has 1 aliphatic carbocycles. The molecule has 0 radical (unpaired) electrons. The van der Waals surface area contributed by atoms with Gasteiger partial charge in [0.05, 0.1) is 5.69 Å². The Balaban J connectivity index is 2.56. The quantitative estimate of drug-likeness (QED) is 0.497. The van der Waals surface area contributed by atoms with Crippen LogP contribution in [0.4, 0.5) is 5.69 Å². The van der Waals surface area contributed by atoms with Crippen LogP contribution in [-0.4, -0.2) is 17.1 Å². The zero-order valence-corrected chi connectivity index (χ0v) is 10.8. The minimum Gasteiger partial charge on any atom is -0.506 e. The number of carbonyl (C=O) groups is 1. The van der Waals surface area contributed by atoms with Gasteiger partial charge in [-0.2, -0.15) is 4.99 Å². The minimum atomic E-state index is -0.668. The molecule has 1 aromatic carbocycles. The molecule has 1 amide bonds. The average molecular weight is 260 g/mol. The second-order valence-corrected chi connectivity index (χ2v) is 4.82. The molecule has 0 saturated heterocycles. The summed E-state index contributed by atoms with van der Waals surface area (Å²) in [6, 6.07) is 4.98. The summed E-state index contributed by atoms with van der Waals surface area (Å²) >= 11 is 0. The minimum absolute atomic E-state index is 0.0138. The number of aromatic hydroxyl groups is 1. The van der Waals surface area contributed by atoms with Crippen LogP contribution in [0.2, 0.25) is 0 Å². The number of phenolic OH excluding ortho intramolecular Hbond substituents is 1. The monoisotopic (exact) mass is 260 g/mol. The van der Waals surface area contributed by atoms with Crippen LogP contribution in [0.5, 0.6) is 5.75 Å². The lowest BCUT2D eigenvalue weighted by molar-refractivity contribution is -0.114. The van der Waals surface area contributed by atoms with Crippen molar-refractivity contribution in [2.45, 2.75) is 38.1 Å². The average Bonchev–Trinajstić information content (AvgIpc) is 2.81. The highest BCUT2D eigenvalue weighted by Gasteiger charge is 2.38. The first-order chi connectivity index (χ1) is 9.09. The van der Waals surface area contributed by atoms with Crippen molar-refractivity contribution in [2.24, 2.45) is 4.99 Å². The van der Waals surface area contributed by atoms with E-state index in [2.05, 4.69) is 10.3 Å². The molecule has 19 heavy (non-hydrogen) atoms. The molecule has 1 aliphatic rings. The maximum absolute atomic E-state index is 11.3. The van der Waals surface area contributed by atoms with Gasteiger partial charge in [-0.1, -0.05) is 25.0 Å². The van der Waals surface area contributed by atoms with Crippen LogP contribution < -0.4 is 5.32 Å². The Kier molecular flexibility index (Phi) is 3.67. The van der Waals surface area contributed by atoms with Crippen molar-refractivity contribution in [3.63, 3.8) is 0 Å². The highest BCUT2D eigenvalue weighted by Crippen LogP contribution is 2.46. The number of hydrogen-bond donors (Lipinski definition) is 2. The van der Waals surface area contributed by atoms with Gasteiger partial charge in [0.25, 0.3) is 0 Å². The van der Waals surface area contributed by atoms with Gasteiger partial charge in [0.2, 0.25) is 12.0 Å². The topological polar surface area (TPSA) is 78.8 Å². The van der Waals surface area contributed by atoms with Crippen LogP contribution in [0, 0.1) is 0 Å². The normalized spacial score (nSPS) is 16.7. The molecular formula is C14H16N2O3. The summed E-state index contributed by atoms with van der Waals surface area (Å²) in [7, 11) is 0. The van der Waals surface area contributed by atoms with E-state index in [4.69, 9.17) is 0 Å². The van der Waals surface area contributed by atoms with E-state index in [1.165, 1.54) is 13.0 Å². The lowest BCUT2D eigenvalue weighted by atomic mass is 9.87. The van der Waals surface area contributed by atoms with Gasteiger partial charge in [0.15, 0.2) is 0 Å². The van der Waals surface area contributed by atoms with E-state index < -0.39 is 5.54 Å². The first-order valence-electron chi connectivity index (χ1n) is 6.28. The van der Waals surface area contributed by atoms with E-state index in [1.54, 1.807) is 18.2 Å². The van der Waals surface area contributed by atoms with Gasteiger partial charge < -0.3 is 10.4 Å². The second-order valence-electron chi connectivity index (χ2n) is 4.82. The Morgan fingerprint density at radius 3 is 2.68 bits per heavy atom. The molecular weight excluding hydrogens is 244 g/mol. The van der Waals surface area contributed by atoms with E-state index in [1.807, 2.05) is 0 Å². The van der Waals surface area contributed by atoms with Crippen LogP contribution >= 0.6 is 0 Å². The number of phenols is 1. The zero-order chi connectivity index (χ0) is 13.9. The SMILES string of the molecule is CC(=O)Nc1c(O)cccc1C1(N=C=O)CCCC1. The number of nitrogens with zero attached hydrogens (tertiary/aromatic N) is 1. The van der Waals surface area contributed by atoms with E-state index >= 15 is 0 Å². The first-order valence-corrected chi connectivity index (χ1v) is 6.28. The number of carbonyl (C=O) groups excluding carboxylic acids is 2. The molecule has 5 heteroatoms. The zero-order valence-electron chi connectivity index (χ0n) is 10.8. The molecule has 0 aliphatic heterocycles. The van der Waals surface area contributed by atoms with Crippen molar-refractivity contribution in [1.29, 1.82) is 0 Å². The number of amides is 1. The van der Waals surface area contributed by atoms with Crippen LogP contribution in [0.3, 0.4) is 0 Å². The van der Waals surface area contributed by atoms with Crippen LogP contribution in [0.15, 0.2) is 23.2 Å². The van der Waals surface area contributed by atoms with Gasteiger partial charge in [-0.15, -0.1) is 0 Å². The Hall–Kier alpha value is -2.13. The number of nitrogens with one attached hydrogen (secondary N) is 1. The molecule has 1 saturated carbocycles. The highest BCUT2D eigenvalue weighted by molar-refractivity contribution is 5.91. The van der Waals surface area contributed by atoms with Crippen LogP contribution in [0.25, 0.3) is 0 Å². The van der Waals surface area contributed by atoms with Crippen molar-refractivity contribution in [1.82, 2.24) is 0 Å². The third-order valence-corrected chi connectivity index (χ3v) is 3.54. The van der Waals surface area contributed by atoms with Gasteiger partial charge in [-0.25, -0.2) is 4.79 Å². The van der Waals surface area contributed by atoms with Crippen molar-refractivity contribution < 1.29 is 14.7 Å². The summed E-state index contributed by atoms with van der Waals surface area (Å²) in [5, 5.41) is 12.6. The lowest BCUT2D eigenvalue weighted by Gasteiger charge is -2.26. The number of para-hydroxylation sites is 1. The number of hydrogen-bond acceptors (Lipinski definition) is 4. The van der Waals surface area contributed by atoms with Crippen LogP contribution in [0.1, 0.15) is 38.2 Å². The predicted molar refractivity (Wildman–Crippen MR) is 70.7 cm³/mol. The second kappa shape index (κ2) is 5.24. The largest absolute Gasteiger partial charge is 0.506 e. The maximum Gasteiger partial charge on any atom is 0.235 e. The van der Waals surface area contributed by atoms with Crippen molar-refractivity contribution >= 4 is 17.7 Å². The fourth-order valence-electron chi connectivity index (χ4n) is 2.72. The number of rotatable bonds is 3. The Morgan fingerprint density at radius 1 is 1.42 bits per heavy atom. The fourth-order valence-corrected chi connectivity index (χ4v) is 2.72. The molecule has 1 fully saturated rings. The lowest BCUT2D eigenvalue weighted by Crippen LogP contribution is -2.22. The van der Waals surface area contributed by atoms with Crippen LogP contribution in [-0.2, 0) is 15.1 Å². The summed E-state index contributed by atoms with van der Waals surface area (Å²) in [5.74, 6) is -0.286. The summed E-state index contributed by atoms with van der Waals surface area (Å²) in [6.07, 6.45) is 4.99. The van der Waals surface area contributed by atoms with Gasteiger partial charge in [0.1, 0.15) is 11.3 Å². The Labute approximate surface area is 111 Å². The van der Waals surface area contributed by atoms with E-state index in [0.29, 0.717) is 11.3 Å². The Morgan fingerprint density at radius 2 is 2.11 bits per heavy atom. The molecule has 0 heterocycles. The van der Waals surface area contributed by atoms with E-state index in [0.717, 1.165) is 25.7 Å². The molecule has 100 valence electrons. The highest BCUT2D eigenvalue weighted by atomic mass is 16.3. The number of aliphatic imine (C=N–C) groups is 1. The molecule has 0 spiro atoms. The number of isocyanates is 1. The molecule has 2 rings (SSSR count). The molecule has 0 bridgehead atoms. The van der Waals surface area contributed by atoms with Gasteiger partial charge >= 0.3 is 0 Å². The first kappa shape index (κ1) is 13.3. The summed E-state index contributed by atoms with van der Waals surface area (Å²) in [5.41, 5.74) is 0.359. The van der Waals surface area contributed by atoms with Gasteiger partial charge in [-0.05, 0) is 18.9 Å². The fraction of sp³-hybridized carbons (Fsp3) is 0.429. The summed E-state index contributed by atoms with van der Waals surface area (Å²) in [6.45, 7) is 1.38. The molecule has 2 N–H and O–H groups in total. The standard InChI is InChI=1S/C14H16N2O3/c1-10(18)16-13-11(5-4-6-12(13)19)14(15-9-17)7-2-3-8-14/h4-6,19H,2-3,7-8H2,1H3,(H,16,18). The maximum atomic E-state index is 11.3. The molecule has 0 unspecified atom stereocenters. The number of anilines is 1. The van der Waals surface area contributed by atoms with E-state index in [-0.39, 0.29) is 11.7 Å². The van der Waals surface area contributed by atoms with Gasteiger partial charge in [-0.3, -0.25) is 4.79 Å². The third-order valence-electron chi connectivity index (χ3n) is 3.54. The Bertz CT molecular complexity index is 542. The van der Waals surface area contributed by atoms with Crippen molar-refractivity contribution in [3.8, 4) is 5.75 Å². The number of benzene rings is 1. The van der Waals surface area contributed by atoms with Crippen molar-refractivity contribution in [3.05, 3.63) is 23.8 Å². The van der Waals surface area contributed by atoms with Gasteiger partial charge in [0, 0.05) is 12.5 Å². The third kappa shape index (κ3) is 2.51. The summed E-state index contributed by atoms with van der Waals surface area (Å²) < 4.78 is 0. The molecule has 0 atom stereocenters. The summed E-state index contributed by atoms with van der Waals surface area (Å²) in [4.78, 5) is 25.9. The molecule has 1 aromatic rings. The van der Waals surface area contributed by atoms with Crippen molar-refractivity contribution in [2.75, 3.05) is 5.32 Å². The predicted octanol–water partition coefficient (Wildman–Crippen LogP) is 2.46. The molecule has 0 aromatic heterocycles.